The lowest BCUT2D eigenvalue weighted by Gasteiger charge is -2.39. The Balaban J connectivity index is 0.00000242. The van der Waals surface area contributed by atoms with Gasteiger partial charge in [-0.05, 0) is 39.3 Å². The smallest absolute Gasteiger partial charge is 0.194 e. The number of rotatable bonds is 3. The van der Waals surface area contributed by atoms with Gasteiger partial charge in [-0.15, -0.1) is 24.0 Å². The minimum Gasteiger partial charge on any atom is -0.357 e. The van der Waals surface area contributed by atoms with Gasteiger partial charge >= 0.3 is 0 Å². The maximum absolute atomic E-state index is 4.79. The fraction of sp³-hybridized carbons (Fsp3) is 0.625. The molecule has 22 heavy (non-hydrogen) atoms. The summed E-state index contributed by atoms with van der Waals surface area (Å²) in [4.78, 5) is 11.6. The van der Waals surface area contributed by atoms with E-state index in [-0.39, 0.29) is 28.7 Å². The van der Waals surface area contributed by atoms with Crippen LogP contribution in [0.4, 0.5) is 0 Å². The molecule has 1 N–H and O–H groups in total. The Morgan fingerprint density at radius 1 is 1.50 bits per heavy atom. The molecule has 6 heteroatoms. The molecule has 0 spiro atoms. The molecule has 1 aromatic rings. The average Bonchev–Trinajstić information content (AvgIpc) is 2.44. The standard InChI is InChI=1S/C16H26N4S.HI/c1-5-17-15(20-9-10-21-16(3,4)12-20)19-11-14-13(2)7-6-8-18-14;/h6-8H,5,9-12H2,1-4H3,(H,17,19);1H. The number of aryl methyl sites for hydroxylation is 1. The molecule has 1 aromatic heterocycles. The van der Waals surface area contributed by atoms with Gasteiger partial charge in [-0.1, -0.05) is 6.07 Å². The molecular formula is C16H27IN4S. The molecule has 1 aliphatic rings. The van der Waals surface area contributed by atoms with Gasteiger partial charge in [0, 0.05) is 36.3 Å². The van der Waals surface area contributed by atoms with Gasteiger partial charge in [0.25, 0.3) is 0 Å². The first-order chi connectivity index (χ1) is 10.0. The molecule has 0 radical (unpaired) electrons. The van der Waals surface area contributed by atoms with Crippen LogP contribution in [-0.4, -0.2) is 46.0 Å². The molecular weight excluding hydrogens is 407 g/mol. The lowest BCUT2D eigenvalue weighted by atomic mass is 10.2. The van der Waals surface area contributed by atoms with E-state index in [4.69, 9.17) is 4.99 Å². The molecule has 2 rings (SSSR count). The van der Waals surface area contributed by atoms with E-state index in [0.717, 1.165) is 37.0 Å². The highest BCUT2D eigenvalue weighted by Gasteiger charge is 2.28. The summed E-state index contributed by atoms with van der Waals surface area (Å²) in [7, 11) is 0. The van der Waals surface area contributed by atoms with Crippen molar-refractivity contribution in [3.8, 4) is 0 Å². The molecule has 1 aliphatic heterocycles. The van der Waals surface area contributed by atoms with Crippen LogP contribution in [0.15, 0.2) is 23.3 Å². The largest absolute Gasteiger partial charge is 0.357 e. The number of halogens is 1. The van der Waals surface area contributed by atoms with Crippen molar-refractivity contribution in [3.05, 3.63) is 29.6 Å². The first kappa shape index (κ1) is 19.5. The summed E-state index contributed by atoms with van der Waals surface area (Å²) in [6.45, 7) is 12.4. The second-order valence-electron chi connectivity index (χ2n) is 5.97. The van der Waals surface area contributed by atoms with Crippen molar-refractivity contribution in [1.82, 2.24) is 15.2 Å². The third-order valence-corrected chi connectivity index (χ3v) is 4.85. The van der Waals surface area contributed by atoms with Gasteiger partial charge in [0.05, 0.1) is 12.2 Å². The topological polar surface area (TPSA) is 40.5 Å². The van der Waals surface area contributed by atoms with Gasteiger partial charge < -0.3 is 10.2 Å². The second-order valence-corrected chi connectivity index (χ2v) is 7.77. The van der Waals surface area contributed by atoms with Crippen LogP contribution in [0.25, 0.3) is 0 Å². The highest BCUT2D eigenvalue weighted by molar-refractivity contribution is 14.0. The lowest BCUT2D eigenvalue weighted by molar-refractivity contribution is 0.375. The van der Waals surface area contributed by atoms with Gasteiger partial charge in [-0.3, -0.25) is 4.98 Å². The highest BCUT2D eigenvalue weighted by Crippen LogP contribution is 2.29. The van der Waals surface area contributed by atoms with Crippen LogP contribution in [0.2, 0.25) is 0 Å². The summed E-state index contributed by atoms with van der Waals surface area (Å²) in [6.07, 6.45) is 1.84. The molecule has 0 atom stereocenters. The summed E-state index contributed by atoms with van der Waals surface area (Å²) < 4.78 is 0.287. The van der Waals surface area contributed by atoms with Crippen molar-refractivity contribution in [1.29, 1.82) is 0 Å². The van der Waals surface area contributed by atoms with Gasteiger partial charge in [-0.25, -0.2) is 4.99 Å². The second kappa shape index (κ2) is 8.96. The highest BCUT2D eigenvalue weighted by atomic mass is 127. The maximum atomic E-state index is 4.79. The predicted octanol–water partition coefficient (Wildman–Crippen LogP) is 3.30. The van der Waals surface area contributed by atoms with E-state index in [9.17, 15) is 0 Å². The summed E-state index contributed by atoms with van der Waals surface area (Å²) in [5.74, 6) is 2.16. The normalized spacial score (nSPS) is 17.8. The van der Waals surface area contributed by atoms with E-state index in [1.165, 1.54) is 5.56 Å². The Kier molecular flexibility index (Phi) is 7.96. The van der Waals surface area contributed by atoms with Crippen molar-refractivity contribution in [2.45, 2.75) is 39.0 Å². The SMILES string of the molecule is CCNC(=NCc1ncccc1C)N1CCSC(C)(C)C1.I. The molecule has 0 amide bonds. The molecule has 2 heterocycles. The van der Waals surface area contributed by atoms with Crippen LogP contribution in [0.3, 0.4) is 0 Å². The Labute approximate surface area is 155 Å². The number of aromatic nitrogens is 1. The minimum absolute atomic E-state index is 0. The third-order valence-electron chi connectivity index (χ3n) is 3.56. The zero-order valence-electron chi connectivity index (χ0n) is 13.9. The Morgan fingerprint density at radius 3 is 2.91 bits per heavy atom. The molecule has 0 unspecified atom stereocenters. The zero-order valence-corrected chi connectivity index (χ0v) is 17.1. The van der Waals surface area contributed by atoms with E-state index >= 15 is 0 Å². The fourth-order valence-electron chi connectivity index (χ4n) is 2.46. The van der Waals surface area contributed by atoms with E-state index in [1.54, 1.807) is 0 Å². The Bertz CT molecular complexity index is 505. The van der Waals surface area contributed by atoms with Gasteiger partial charge in [0.15, 0.2) is 5.96 Å². The van der Waals surface area contributed by atoms with Gasteiger partial charge in [0.1, 0.15) is 0 Å². The van der Waals surface area contributed by atoms with Crippen LogP contribution >= 0.6 is 35.7 Å². The summed E-state index contributed by atoms with van der Waals surface area (Å²) >= 11 is 2.04. The quantitative estimate of drug-likeness (QED) is 0.450. The molecule has 0 aliphatic carbocycles. The molecule has 124 valence electrons. The molecule has 0 bridgehead atoms. The monoisotopic (exact) mass is 434 g/mol. The third kappa shape index (κ3) is 5.61. The van der Waals surface area contributed by atoms with Crippen molar-refractivity contribution < 1.29 is 0 Å². The summed E-state index contributed by atoms with van der Waals surface area (Å²) in [5.41, 5.74) is 2.25. The summed E-state index contributed by atoms with van der Waals surface area (Å²) in [6, 6.07) is 4.06. The average molecular weight is 434 g/mol. The van der Waals surface area contributed by atoms with E-state index in [1.807, 2.05) is 24.0 Å². The number of aliphatic imine (C=N–C) groups is 1. The first-order valence-electron chi connectivity index (χ1n) is 7.59. The van der Waals surface area contributed by atoms with E-state index in [2.05, 4.69) is 49.0 Å². The van der Waals surface area contributed by atoms with Crippen molar-refractivity contribution in [2.24, 2.45) is 4.99 Å². The maximum Gasteiger partial charge on any atom is 0.194 e. The van der Waals surface area contributed by atoms with Crippen molar-refractivity contribution in [2.75, 3.05) is 25.4 Å². The number of hydrogen-bond acceptors (Lipinski definition) is 3. The van der Waals surface area contributed by atoms with E-state index < -0.39 is 0 Å². The molecule has 1 fully saturated rings. The number of nitrogens with zero attached hydrogens (tertiary/aromatic N) is 3. The van der Waals surface area contributed by atoms with Crippen molar-refractivity contribution >= 4 is 41.7 Å². The number of hydrogen-bond donors (Lipinski definition) is 1. The fourth-order valence-corrected chi connectivity index (χ4v) is 3.57. The number of thioether (sulfide) groups is 1. The zero-order chi connectivity index (χ0) is 15.3. The first-order valence-corrected chi connectivity index (χ1v) is 8.58. The van der Waals surface area contributed by atoms with Crippen LogP contribution in [-0.2, 0) is 6.54 Å². The van der Waals surface area contributed by atoms with Crippen molar-refractivity contribution in [3.63, 3.8) is 0 Å². The minimum atomic E-state index is 0. The Morgan fingerprint density at radius 2 is 2.27 bits per heavy atom. The molecule has 0 saturated carbocycles. The van der Waals surface area contributed by atoms with Crippen LogP contribution in [0.5, 0.6) is 0 Å². The van der Waals surface area contributed by atoms with Gasteiger partial charge in [0.2, 0.25) is 0 Å². The molecule has 0 aromatic carbocycles. The molecule has 4 nitrogen and oxygen atoms in total. The van der Waals surface area contributed by atoms with E-state index in [0.29, 0.717) is 6.54 Å². The van der Waals surface area contributed by atoms with Crippen LogP contribution < -0.4 is 5.32 Å². The van der Waals surface area contributed by atoms with Crippen LogP contribution in [0, 0.1) is 6.92 Å². The number of nitrogens with one attached hydrogen (secondary N) is 1. The van der Waals surface area contributed by atoms with Gasteiger partial charge in [-0.2, -0.15) is 11.8 Å². The predicted molar refractivity (Wildman–Crippen MR) is 107 cm³/mol. The summed E-state index contributed by atoms with van der Waals surface area (Å²) in [5, 5.41) is 3.42. The molecule has 1 saturated heterocycles. The van der Waals surface area contributed by atoms with Crippen LogP contribution in [0.1, 0.15) is 32.0 Å². The number of pyridine rings is 1. The lowest BCUT2D eigenvalue weighted by Crippen LogP contribution is -2.50. The number of guanidine groups is 1. The Hall–Kier alpha value is -0.500.